The highest BCUT2D eigenvalue weighted by Crippen LogP contribution is 2.33. The van der Waals surface area contributed by atoms with Crippen molar-refractivity contribution in [3.05, 3.63) is 11.6 Å². The van der Waals surface area contributed by atoms with E-state index in [0.717, 1.165) is 38.5 Å². The standard InChI is InChI=1S/C19H28O4/c1-19(2,3)23-18(22)16-11-9-14(17(16)21)7-5-4-6-13-8-10-15(20)12-13/h12,14,16H,4-11H2,1-3H3. The molecule has 0 saturated heterocycles. The lowest BCUT2D eigenvalue weighted by atomic mass is 9.96. The second kappa shape index (κ2) is 7.41. The van der Waals surface area contributed by atoms with Crippen LogP contribution in [0.25, 0.3) is 0 Å². The Morgan fingerprint density at radius 2 is 1.91 bits per heavy atom. The van der Waals surface area contributed by atoms with Crippen LogP contribution in [0.1, 0.15) is 72.1 Å². The number of carbonyl (C=O) groups excluding carboxylic acids is 3. The zero-order valence-electron chi connectivity index (χ0n) is 14.5. The van der Waals surface area contributed by atoms with E-state index in [1.54, 1.807) is 6.08 Å². The fourth-order valence-corrected chi connectivity index (χ4v) is 3.43. The van der Waals surface area contributed by atoms with E-state index in [1.807, 2.05) is 20.8 Å². The molecule has 1 fully saturated rings. The van der Waals surface area contributed by atoms with Crippen LogP contribution in [-0.4, -0.2) is 23.1 Å². The molecule has 4 heteroatoms. The van der Waals surface area contributed by atoms with E-state index >= 15 is 0 Å². The highest BCUT2D eigenvalue weighted by atomic mass is 16.6. The summed E-state index contributed by atoms with van der Waals surface area (Å²) in [6.07, 6.45) is 8.56. The zero-order chi connectivity index (χ0) is 17.0. The third-order valence-electron chi connectivity index (χ3n) is 4.60. The summed E-state index contributed by atoms with van der Waals surface area (Å²) in [5.74, 6) is -0.610. The van der Waals surface area contributed by atoms with Gasteiger partial charge in [-0.15, -0.1) is 0 Å². The van der Waals surface area contributed by atoms with Crippen molar-refractivity contribution >= 4 is 17.5 Å². The number of hydrogen-bond acceptors (Lipinski definition) is 4. The summed E-state index contributed by atoms with van der Waals surface area (Å²) in [4.78, 5) is 35.6. The van der Waals surface area contributed by atoms with Crippen molar-refractivity contribution in [2.45, 2.75) is 77.7 Å². The molecule has 0 aliphatic heterocycles. The summed E-state index contributed by atoms with van der Waals surface area (Å²) in [6, 6.07) is 0. The Labute approximate surface area is 138 Å². The van der Waals surface area contributed by atoms with Crippen LogP contribution in [-0.2, 0) is 19.1 Å². The molecule has 2 unspecified atom stereocenters. The van der Waals surface area contributed by atoms with Gasteiger partial charge < -0.3 is 4.74 Å². The van der Waals surface area contributed by atoms with Gasteiger partial charge in [0.25, 0.3) is 0 Å². The second-order valence-corrected chi connectivity index (χ2v) is 7.78. The van der Waals surface area contributed by atoms with Crippen LogP contribution in [0.3, 0.4) is 0 Å². The molecule has 2 rings (SSSR count). The Morgan fingerprint density at radius 1 is 1.17 bits per heavy atom. The van der Waals surface area contributed by atoms with Crippen LogP contribution in [0.2, 0.25) is 0 Å². The summed E-state index contributed by atoms with van der Waals surface area (Å²) >= 11 is 0. The fraction of sp³-hybridized carbons (Fsp3) is 0.737. The van der Waals surface area contributed by atoms with Gasteiger partial charge in [-0.1, -0.05) is 12.0 Å². The van der Waals surface area contributed by atoms with E-state index in [0.29, 0.717) is 12.8 Å². The van der Waals surface area contributed by atoms with Crippen molar-refractivity contribution in [1.82, 2.24) is 0 Å². The molecule has 0 bridgehead atoms. The maximum atomic E-state index is 12.4. The van der Waals surface area contributed by atoms with Crippen LogP contribution >= 0.6 is 0 Å². The molecule has 4 nitrogen and oxygen atoms in total. The van der Waals surface area contributed by atoms with E-state index in [1.165, 1.54) is 5.57 Å². The number of esters is 1. The minimum Gasteiger partial charge on any atom is -0.459 e. The van der Waals surface area contributed by atoms with Crippen LogP contribution < -0.4 is 0 Å². The molecule has 1 saturated carbocycles. The van der Waals surface area contributed by atoms with Gasteiger partial charge in [0.15, 0.2) is 5.78 Å². The third kappa shape index (κ3) is 5.29. The lowest BCUT2D eigenvalue weighted by Crippen LogP contribution is -2.31. The number of rotatable bonds is 6. The second-order valence-electron chi connectivity index (χ2n) is 7.78. The molecule has 0 radical (unpaired) electrons. The van der Waals surface area contributed by atoms with Crippen molar-refractivity contribution in [3.8, 4) is 0 Å². The normalized spacial score (nSPS) is 24.9. The van der Waals surface area contributed by atoms with E-state index in [-0.39, 0.29) is 23.5 Å². The minimum atomic E-state index is -0.561. The number of ketones is 2. The maximum absolute atomic E-state index is 12.4. The Hall–Kier alpha value is -1.45. The van der Waals surface area contributed by atoms with Gasteiger partial charge >= 0.3 is 5.97 Å². The summed E-state index contributed by atoms with van der Waals surface area (Å²) in [5.41, 5.74) is 0.710. The molecule has 0 spiro atoms. The van der Waals surface area contributed by atoms with Gasteiger partial charge in [-0.3, -0.25) is 14.4 Å². The summed E-state index contributed by atoms with van der Waals surface area (Å²) in [7, 11) is 0. The minimum absolute atomic E-state index is 0.00621. The molecular formula is C19H28O4. The van der Waals surface area contributed by atoms with Gasteiger partial charge in [0.2, 0.25) is 0 Å². The van der Waals surface area contributed by atoms with E-state index in [4.69, 9.17) is 4.74 Å². The lowest BCUT2D eigenvalue weighted by molar-refractivity contribution is -0.161. The van der Waals surface area contributed by atoms with Crippen LogP contribution in [0.15, 0.2) is 11.6 Å². The lowest BCUT2D eigenvalue weighted by Gasteiger charge is -2.21. The topological polar surface area (TPSA) is 60.4 Å². The molecule has 23 heavy (non-hydrogen) atoms. The first kappa shape index (κ1) is 17.9. The van der Waals surface area contributed by atoms with Gasteiger partial charge in [-0.05, 0) is 65.4 Å². The number of carbonyl (C=O) groups is 3. The average Bonchev–Trinajstić information content (AvgIpc) is 3.00. The van der Waals surface area contributed by atoms with Crippen molar-refractivity contribution < 1.29 is 19.1 Å². The summed E-state index contributed by atoms with van der Waals surface area (Å²) < 4.78 is 5.34. The smallest absolute Gasteiger partial charge is 0.317 e. The first-order valence-corrected chi connectivity index (χ1v) is 8.75. The monoisotopic (exact) mass is 320 g/mol. The van der Waals surface area contributed by atoms with Crippen molar-refractivity contribution in [1.29, 1.82) is 0 Å². The van der Waals surface area contributed by atoms with Gasteiger partial charge in [-0.25, -0.2) is 0 Å². The number of Topliss-reactive ketones (excluding diaryl/α,β-unsaturated/α-hetero) is 1. The number of allylic oxidation sites excluding steroid dienone is 2. The molecule has 0 N–H and O–H groups in total. The van der Waals surface area contributed by atoms with Crippen LogP contribution in [0.4, 0.5) is 0 Å². The third-order valence-corrected chi connectivity index (χ3v) is 4.60. The molecule has 0 heterocycles. The van der Waals surface area contributed by atoms with E-state index in [9.17, 15) is 14.4 Å². The Balaban J connectivity index is 1.71. The first-order valence-electron chi connectivity index (χ1n) is 8.75. The Bertz CT molecular complexity index is 510. The summed E-state index contributed by atoms with van der Waals surface area (Å²) in [5, 5.41) is 0. The predicted octanol–water partition coefficient (Wildman–Crippen LogP) is 3.77. The SMILES string of the molecule is CC(C)(C)OC(=O)C1CCC(CCCCC2=CC(=O)CC2)C1=O. The quantitative estimate of drug-likeness (QED) is 0.424. The van der Waals surface area contributed by atoms with Gasteiger partial charge in [0, 0.05) is 12.3 Å². The highest BCUT2D eigenvalue weighted by molar-refractivity contribution is 6.01. The summed E-state index contributed by atoms with van der Waals surface area (Å²) in [6.45, 7) is 5.47. The first-order chi connectivity index (χ1) is 10.8. The van der Waals surface area contributed by atoms with Gasteiger partial charge in [0.05, 0.1) is 0 Å². The zero-order valence-corrected chi connectivity index (χ0v) is 14.5. The number of ether oxygens (including phenoxy) is 1. The molecule has 0 aromatic rings. The largest absolute Gasteiger partial charge is 0.459 e. The molecule has 128 valence electrons. The molecule has 2 aliphatic rings. The predicted molar refractivity (Wildman–Crippen MR) is 87.9 cm³/mol. The number of unbranched alkanes of at least 4 members (excludes halogenated alkanes) is 1. The molecule has 0 aromatic carbocycles. The van der Waals surface area contributed by atoms with Gasteiger partial charge in [0.1, 0.15) is 17.3 Å². The van der Waals surface area contributed by atoms with Crippen LogP contribution in [0, 0.1) is 11.8 Å². The molecule has 0 amide bonds. The molecular weight excluding hydrogens is 292 g/mol. The molecule has 2 aliphatic carbocycles. The molecule has 0 aromatic heterocycles. The van der Waals surface area contributed by atoms with Gasteiger partial charge in [-0.2, -0.15) is 0 Å². The maximum Gasteiger partial charge on any atom is 0.317 e. The van der Waals surface area contributed by atoms with E-state index < -0.39 is 11.5 Å². The van der Waals surface area contributed by atoms with Crippen LogP contribution in [0.5, 0.6) is 0 Å². The Morgan fingerprint density at radius 3 is 2.52 bits per heavy atom. The highest BCUT2D eigenvalue weighted by Gasteiger charge is 2.40. The molecule has 2 atom stereocenters. The Kier molecular flexibility index (Phi) is 5.77. The number of hydrogen-bond donors (Lipinski definition) is 0. The van der Waals surface area contributed by atoms with Crippen molar-refractivity contribution in [2.24, 2.45) is 11.8 Å². The van der Waals surface area contributed by atoms with Crippen molar-refractivity contribution in [2.75, 3.05) is 0 Å². The average molecular weight is 320 g/mol. The fourth-order valence-electron chi connectivity index (χ4n) is 3.43. The van der Waals surface area contributed by atoms with Crippen molar-refractivity contribution in [3.63, 3.8) is 0 Å². The van der Waals surface area contributed by atoms with E-state index in [2.05, 4.69) is 0 Å².